The predicted molar refractivity (Wildman–Crippen MR) is 69.0 cm³/mol. The molecule has 2 N–H and O–H groups in total. The van der Waals surface area contributed by atoms with Gasteiger partial charge in [0.1, 0.15) is 5.75 Å². The third-order valence-electron chi connectivity index (χ3n) is 2.66. The number of ether oxygens (including phenoxy) is 2. The summed E-state index contributed by atoms with van der Waals surface area (Å²) in [5.41, 5.74) is 0.0142. The summed E-state index contributed by atoms with van der Waals surface area (Å²) in [6.07, 6.45) is 0. The second kappa shape index (κ2) is 5.14. The van der Waals surface area contributed by atoms with Gasteiger partial charge in [0.2, 0.25) is 0 Å². The molecule has 1 aromatic carbocycles. The minimum Gasteiger partial charge on any atom is -0.507 e. The normalized spacial score (nSPS) is 11.4. The van der Waals surface area contributed by atoms with Crippen LogP contribution in [0.1, 0.15) is 19.4 Å². The second-order valence-corrected chi connectivity index (χ2v) is 5.16. The van der Waals surface area contributed by atoms with E-state index < -0.39 is 5.41 Å². The molecule has 0 atom stereocenters. The van der Waals surface area contributed by atoms with Gasteiger partial charge in [0.25, 0.3) is 0 Å². The summed E-state index contributed by atoms with van der Waals surface area (Å²) in [5, 5.41) is 19.4. The fourth-order valence-corrected chi connectivity index (χ4v) is 2.76. The van der Waals surface area contributed by atoms with Crippen molar-refractivity contribution in [3.05, 3.63) is 16.1 Å². The van der Waals surface area contributed by atoms with E-state index in [1.165, 1.54) is 20.3 Å². The maximum Gasteiger partial charge on any atom is 0.175 e. The van der Waals surface area contributed by atoms with Crippen molar-refractivity contribution in [2.45, 2.75) is 19.3 Å². The van der Waals surface area contributed by atoms with E-state index in [1.807, 2.05) is 13.8 Å². The molecule has 0 aliphatic heterocycles. The van der Waals surface area contributed by atoms with E-state index in [4.69, 9.17) is 9.47 Å². The summed E-state index contributed by atoms with van der Waals surface area (Å²) in [7, 11) is 3.02. The van der Waals surface area contributed by atoms with E-state index >= 15 is 0 Å². The molecule has 1 rings (SSSR count). The zero-order chi connectivity index (χ0) is 13.2. The first kappa shape index (κ1) is 14.1. The van der Waals surface area contributed by atoms with E-state index in [9.17, 15) is 10.2 Å². The summed E-state index contributed by atoms with van der Waals surface area (Å²) >= 11 is 3.38. The summed E-state index contributed by atoms with van der Waals surface area (Å²) in [4.78, 5) is 0. The molecule has 0 spiro atoms. The van der Waals surface area contributed by atoms with Gasteiger partial charge in [0, 0.05) is 17.0 Å². The highest BCUT2D eigenvalue weighted by atomic mass is 79.9. The number of hydrogen-bond donors (Lipinski definition) is 2. The smallest absolute Gasteiger partial charge is 0.175 e. The van der Waals surface area contributed by atoms with Crippen LogP contribution in [-0.2, 0) is 5.41 Å². The van der Waals surface area contributed by atoms with Gasteiger partial charge in [-0.25, -0.2) is 0 Å². The largest absolute Gasteiger partial charge is 0.507 e. The van der Waals surface area contributed by atoms with Crippen LogP contribution in [0.3, 0.4) is 0 Å². The van der Waals surface area contributed by atoms with Crippen LogP contribution in [0.15, 0.2) is 10.5 Å². The minimum atomic E-state index is -0.581. The molecule has 0 unspecified atom stereocenters. The second-order valence-electron chi connectivity index (χ2n) is 4.36. The highest BCUT2D eigenvalue weighted by Crippen LogP contribution is 2.47. The van der Waals surface area contributed by atoms with Gasteiger partial charge in [-0.2, -0.15) is 0 Å². The first-order chi connectivity index (χ1) is 7.88. The van der Waals surface area contributed by atoms with Gasteiger partial charge in [0.05, 0.1) is 25.3 Å². The van der Waals surface area contributed by atoms with Crippen LogP contribution in [0.2, 0.25) is 0 Å². The monoisotopic (exact) mass is 304 g/mol. The Bertz CT molecular complexity index is 415. The van der Waals surface area contributed by atoms with Gasteiger partial charge < -0.3 is 19.7 Å². The van der Waals surface area contributed by atoms with Crippen LogP contribution in [-0.4, -0.2) is 31.0 Å². The molecule has 4 nitrogen and oxygen atoms in total. The molecule has 0 radical (unpaired) electrons. The number of aliphatic hydroxyl groups excluding tert-OH is 1. The number of rotatable bonds is 4. The number of aliphatic hydroxyl groups is 1. The number of phenolic OH excluding ortho intramolecular Hbond substituents is 1. The van der Waals surface area contributed by atoms with Gasteiger partial charge in [-0.15, -0.1) is 0 Å². The SMILES string of the molecule is COc1cc(O)c(C(C)(C)CO)c(Br)c1OC. The molecule has 0 saturated carbocycles. The van der Waals surface area contributed by atoms with Gasteiger partial charge in [-0.3, -0.25) is 0 Å². The number of aromatic hydroxyl groups is 1. The fourth-order valence-electron chi connectivity index (χ4n) is 1.66. The van der Waals surface area contributed by atoms with E-state index in [0.717, 1.165) is 0 Å². The summed E-state index contributed by atoms with van der Waals surface area (Å²) in [6.45, 7) is 3.58. The van der Waals surface area contributed by atoms with Crippen molar-refractivity contribution in [3.63, 3.8) is 0 Å². The molecule has 0 heterocycles. The van der Waals surface area contributed by atoms with Crippen molar-refractivity contribution in [1.82, 2.24) is 0 Å². The van der Waals surface area contributed by atoms with E-state index in [1.54, 1.807) is 0 Å². The summed E-state index contributed by atoms with van der Waals surface area (Å²) in [5.74, 6) is 1.00. The third-order valence-corrected chi connectivity index (χ3v) is 3.42. The summed E-state index contributed by atoms with van der Waals surface area (Å²) < 4.78 is 11.0. The number of hydrogen-bond acceptors (Lipinski definition) is 4. The first-order valence-electron chi connectivity index (χ1n) is 5.13. The van der Waals surface area contributed by atoms with Crippen molar-refractivity contribution in [1.29, 1.82) is 0 Å². The minimum absolute atomic E-state index is 0.0635. The van der Waals surface area contributed by atoms with E-state index in [2.05, 4.69) is 15.9 Å². The van der Waals surface area contributed by atoms with Gasteiger partial charge >= 0.3 is 0 Å². The van der Waals surface area contributed by atoms with Crippen molar-refractivity contribution < 1.29 is 19.7 Å². The Morgan fingerprint density at radius 2 is 1.88 bits per heavy atom. The Hall–Kier alpha value is -0.940. The Morgan fingerprint density at radius 3 is 2.29 bits per heavy atom. The third kappa shape index (κ3) is 2.50. The number of halogens is 1. The molecular weight excluding hydrogens is 288 g/mol. The molecule has 17 heavy (non-hydrogen) atoms. The Kier molecular flexibility index (Phi) is 4.27. The Balaban J connectivity index is 3.53. The van der Waals surface area contributed by atoms with Gasteiger partial charge in [-0.1, -0.05) is 13.8 Å². The van der Waals surface area contributed by atoms with Crippen LogP contribution >= 0.6 is 15.9 Å². The highest BCUT2D eigenvalue weighted by Gasteiger charge is 2.29. The molecule has 0 fully saturated rings. The maximum absolute atomic E-state index is 10.0. The number of benzene rings is 1. The topological polar surface area (TPSA) is 58.9 Å². The Labute approximate surface area is 109 Å². The van der Waals surface area contributed by atoms with Gasteiger partial charge in [0.15, 0.2) is 11.5 Å². The van der Waals surface area contributed by atoms with Gasteiger partial charge in [-0.05, 0) is 15.9 Å². The van der Waals surface area contributed by atoms with E-state index in [0.29, 0.717) is 21.5 Å². The van der Waals surface area contributed by atoms with Crippen molar-refractivity contribution in [2.75, 3.05) is 20.8 Å². The van der Waals surface area contributed by atoms with Crippen LogP contribution < -0.4 is 9.47 Å². The number of phenols is 1. The lowest BCUT2D eigenvalue weighted by Crippen LogP contribution is -2.23. The average molecular weight is 305 g/mol. The molecule has 0 aliphatic rings. The first-order valence-corrected chi connectivity index (χ1v) is 5.93. The molecule has 0 bridgehead atoms. The molecule has 0 aromatic heterocycles. The van der Waals surface area contributed by atoms with Crippen LogP contribution in [0, 0.1) is 0 Å². The molecular formula is C12H17BrO4. The fraction of sp³-hybridized carbons (Fsp3) is 0.500. The van der Waals surface area contributed by atoms with E-state index in [-0.39, 0.29) is 12.4 Å². The standard InChI is InChI=1S/C12H17BrO4/c1-12(2,6-14)9-7(15)5-8(16-3)11(17-4)10(9)13/h5,14-15H,6H2,1-4H3. The molecule has 0 amide bonds. The van der Waals surface area contributed by atoms with Crippen LogP contribution in [0.4, 0.5) is 0 Å². The lowest BCUT2D eigenvalue weighted by Gasteiger charge is -2.26. The van der Waals surface area contributed by atoms with Crippen molar-refractivity contribution in [3.8, 4) is 17.2 Å². The molecule has 1 aromatic rings. The predicted octanol–water partition coefficient (Wildman–Crippen LogP) is 2.44. The summed E-state index contributed by atoms with van der Waals surface area (Å²) in [6, 6.07) is 1.48. The van der Waals surface area contributed by atoms with Crippen LogP contribution in [0.25, 0.3) is 0 Å². The highest BCUT2D eigenvalue weighted by molar-refractivity contribution is 9.10. The number of methoxy groups -OCH3 is 2. The van der Waals surface area contributed by atoms with Crippen LogP contribution in [0.5, 0.6) is 17.2 Å². The zero-order valence-electron chi connectivity index (χ0n) is 10.4. The Morgan fingerprint density at radius 1 is 1.29 bits per heavy atom. The molecule has 0 saturated heterocycles. The molecule has 0 aliphatic carbocycles. The quantitative estimate of drug-likeness (QED) is 0.897. The maximum atomic E-state index is 10.0. The molecule has 96 valence electrons. The lowest BCUT2D eigenvalue weighted by atomic mass is 9.84. The lowest BCUT2D eigenvalue weighted by molar-refractivity contribution is 0.214. The van der Waals surface area contributed by atoms with Crippen molar-refractivity contribution >= 4 is 15.9 Å². The average Bonchev–Trinajstić information content (AvgIpc) is 2.27. The zero-order valence-corrected chi connectivity index (χ0v) is 12.0. The molecule has 5 heteroatoms. The van der Waals surface area contributed by atoms with Crippen molar-refractivity contribution in [2.24, 2.45) is 0 Å².